The third-order valence-corrected chi connectivity index (χ3v) is 6.88. The number of thioether (sulfide) groups is 1. The molecule has 0 radical (unpaired) electrons. The maximum absolute atomic E-state index is 12.5. The predicted molar refractivity (Wildman–Crippen MR) is 122 cm³/mol. The fourth-order valence-electron chi connectivity index (χ4n) is 3.38. The molecule has 0 saturated carbocycles. The summed E-state index contributed by atoms with van der Waals surface area (Å²) in [6, 6.07) is 10.0. The molecule has 3 aromatic heterocycles. The van der Waals surface area contributed by atoms with Crippen molar-refractivity contribution in [2.24, 2.45) is 5.14 Å². The third-order valence-electron chi connectivity index (χ3n) is 4.96. The van der Waals surface area contributed by atoms with Crippen molar-refractivity contribution >= 4 is 38.5 Å². The van der Waals surface area contributed by atoms with E-state index >= 15 is 0 Å². The molecular weight excluding hydrogens is 434 g/mol. The van der Waals surface area contributed by atoms with Crippen molar-refractivity contribution in [3.63, 3.8) is 0 Å². The number of primary sulfonamides is 1. The Bertz CT molecular complexity index is 1440. The van der Waals surface area contributed by atoms with E-state index in [9.17, 15) is 13.2 Å². The van der Waals surface area contributed by atoms with Crippen molar-refractivity contribution in [1.29, 1.82) is 0 Å². The Kier molecular flexibility index (Phi) is 5.87. The average Bonchev–Trinajstić information content (AvgIpc) is 3.07. The van der Waals surface area contributed by atoms with E-state index in [0.29, 0.717) is 22.6 Å². The van der Waals surface area contributed by atoms with Gasteiger partial charge in [0.05, 0.1) is 21.6 Å². The van der Waals surface area contributed by atoms with Gasteiger partial charge in [-0.2, -0.15) is 0 Å². The van der Waals surface area contributed by atoms with Crippen LogP contribution in [0.3, 0.4) is 0 Å². The second-order valence-corrected chi connectivity index (χ2v) is 9.91. The van der Waals surface area contributed by atoms with E-state index in [1.165, 1.54) is 34.4 Å². The van der Waals surface area contributed by atoms with Crippen molar-refractivity contribution in [2.45, 2.75) is 49.0 Å². The minimum atomic E-state index is -3.80. The second kappa shape index (κ2) is 8.45. The largest absolute Gasteiger partial charge is 0.319 e. The number of hydrogen-bond donors (Lipinski definition) is 1. The highest BCUT2D eigenvalue weighted by molar-refractivity contribution is 7.98. The molecule has 31 heavy (non-hydrogen) atoms. The summed E-state index contributed by atoms with van der Waals surface area (Å²) in [5, 5.41) is 6.02. The topological polar surface area (TPSA) is 112 Å². The molecule has 0 atom stereocenters. The van der Waals surface area contributed by atoms with Crippen LogP contribution in [0.25, 0.3) is 16.7 Å². The summed E-state index contributed by atoms with van der Waals surface area (Å²) in [5.41, 5.74) is 3.56. The fourth-order valence-corrected chi connectivity index (χ4v) is 4.84. The molecule has 162 valence electrons. The number of rotatable bonds is 7. The molecule has 0 spiro atoms. The maximum Gasteiger partial charge on any atom is 0.258 e. The SMILES string of the molecule is CCCCn1c(SCc2cc(=O)n3cc(C)ccc3n2)nc2cc(S(N)(=O)=O)ccc21. The predicted octanol–water partition coefficient (Wildman–Crippen LogP) is 3.09. The molecule has 0 aliphatic carbocycles. The zero-order valence-corrected chi connectivity index (χ0v) is 18.9. The first kappa shape index (κ1) is 21.5. The van der Waals surface area contributed by atoms with Crippen molar-refractivity contribution < 1.29 is 8.42 Å². The van der Waals surface area contributed by atoms with Gasteiger partial charge in [0.1, 0.15) is 5.65 Å². The van der Waals surface area contributed by atoms with Gasteiger partial charge < -0.3 is 4.57 Å². The summed E-state index contributed by atoms with van der Waals surface area (Å²) in [5.74, 6) is 0.469. The molecule has 10 heteroatoms. The van der Waals surface area contributed by atoms with Gasteiger partial charge in [-0.05, 0) is 43.2 Å². The molecular formula is C21H23N5O3S2. The van der Waals surface area contributed by atoms with E-state index < -0.39 is 10.0 Å². The standard InChI is InChI=1S/C21H23N5O3S2/c1-3-4-9-25-18-7-6-16(31(22,28)29)11-17(18)24-21(25)30-13-15-10-20(27)26-12-14(2)5-8-19(26)23-15/h5-8,10-12H,3-4,9,13H2,1-2H3,(H2,22,28,29). The Morgan fingerprint density at radius 3 is 2.68 bits per heavy atom. The second-order valence-electron chi connectivity index (χ2n) is 7.40. The van der Waals surface area contributed by atoms with E-state index in [1.807, 2.05) is 19.1 Å². The van der Waals surface area contributed by atoms with Crippen molar-refractivity contribution in [2.75, 3.05) is 0 Å². The molecule has 4 aromatic rings. The number of nitrogens with two attached hydrogens (primary N) is 1. The van der Waals surface area contributed by atoms with Crippen LogP contribution in [0.1, 0.15) is 31.0 Å². The molecule has 1 aromatic carbocycles. The molecule has 0 aliphatic rings. The van der Waals surface area contributed by atoms with Gasteiger partial charge in [-0.1, -0.05) is 31.2 Å². The van der Waals surface area contributed by atoms with Crippen LogP contribution in [-0.4, -0.2) is 27.4 Å². The van der Waals surface area contributed by atoms with Gasteiger partial charge in [-0.3, -0.25) is 9.20 Å². The molecule has 0 bridgehead atoms. The molecule has 0 saturated heterocycles. The molecule has 0 fully saturated rings. The van der Waals surface area contributed by atoms with E-state index in [1.54, 1.807) is 12.3 Å². The zero-order valence-electron chi connectivity index (χ0n) is 17.3. The lowest BCUT2D eigenvalue weighted by Gasteiger charge is -2.09. The van der Waals surface area contributed by atoms with E-state index in [2.05, 4.69) is 21.5 Å². The number of sulfonamides is 1. The molecule has 0 unspecified atom stereocenters. The molecule has 2 N–H and O–H groups in total. The first-order chi connectivity index (χ1) is 14.8. The van der Waals surface area contributed by atoms with E-state index in [-0.39, 0.29) is 10.5 Å². The number of unbranched alkanes of at least 4 members (excludes halogenated alkanes) is 1. The van der Waals surface area contributed by atoms with Crippen LogP contribution in [0.15, 0.2) is 57.4 Å². The Morgan fingerprint density at radius 1 is 1.13 bits per heavy atom. The number of imidazole rings is 1. The minimum absolute atomic E-state index is 0.0382. The maximum atomic E-state index is 12.5. The smallest absolute Gasteiger partial charge is 0.258 e. The quantitative estimate of drug-likeness (QED) is 0.427. The van der Waals surface area contributed by atoms with Gasteiger partial charge in [0.25, 0.3) is 5.56 Å². The number of benzene rings is 1. The first-order valence-corrected chi connectivity index (χ1v) is 12.4. The van der Waals surface area contributed by atoms with E-state index in [0.717, 1.165) is 35.6 Å². The summed E-state index contributed by atoms with van der Waals surface area (Å²) in [7, 11) is -3.80. The summed E-state index contributed by atoms with van der Waals surface area (Å²) in [6.07, 6.45) is 3.75. The number of aromatic nitrogens is 4. The fraction of sp³-hybridized carbons (Fsp3) is 0.286. The normalized spacial score (nSPS) is 12.1. The van der Waals surface area contributed by atoms with Crippen LogP contribution < -0.4 is 10.7 Å². The third kappa shape index (κ3) is 4.51. The summed E-state index contributed by atoms with van der Waals surface area (Å²) in [4.78, 5) is 21.7. The van der Waals surface area contributed by atoms with Gasteiger partial charge in [0, 0.05) is 24.6 Å². The van der Waals surface area contributed by atoms with Crippen LogP contribution in [-0.2, 0) is 22.3 Å². The Hall–Kier alpha value is -2.69. The number of fused-ring (bicyclic) bond motifs is 2. The average molecular weight is 458 g/mol. The number of nitrogens with zero attached hydrogens (tertiary/aromatic N) is 4. The van der Waals surface area contributed by atoms with Crippen LogP contribution >= 0.6 is 11.8 Å². The monoisotopic (exact) mass is 457 g/mol. The Labute approximate surface area is 184 Å². The van der Waals surface area contributed by atoms with Gasteiger partial charge in [-0.15, -0.1) is 0 Å². The van der Waals surface area contributed by atoms with Crippen LogP contribution in [0.4, 0.5) is 0 Å². The number of hydrogen-bond acceptors (Lipinski definition) is 6. The molecule has 3 heterocycles. The number of pyridine rings is 1. The van der Waals surface area contributed by atoms with Crippen molar-refractivity contribution in [3.8, 4) is 0 Å². The zero-order chi connectivity index (χ0) is 22.2. The van der Waals surface area contributed by atoms with E-state index in [4.69, 9.17) is 5.14 Å². The van der Waals surface area contributed by atoms with Crippen LogP contribution in [0.5, 0.6) is 0 Å². The molecule has 0 amide bonds. The lowest BCUT2D eigenvalue weighted by atomic mass is 10.3. The highest BCUT2D eigenvalue weighted by Crippen LogP contribution is 2.28. The van der Waals surface area contributed by atoms with Crippen LogP contribution in [0.2, 0.25) is 0 Å². The summed E-state index contributed by atoms with van der Waals surface area (Å²) >= 11 is 1.47. The van der Waals surface area contributed by atoms with Crippen LogP contribution in [0, 0.1) is 6.92 Å². The lowest BCUT2D eigenvalue weighted by Crippen LogP contribution is -2.15. The van der Waals surface area contributed by atoms with Crippen molar-refractivity contribution in [1.82, 2.24) is 18.9 Å². The molecule has 0 aliphatic heterocycles. The summed E-state index contributed by atoms with van der Waals surface area (Å²) in [6.45, 7) is 4.80. The molecule has 8 nitrogen and oxygen atoms in total. The highest BCUT2D eigenvalue weighted by Gasteiger charge is 2.16. The van der Waals surface area contributed by atoms with Gasteiger partial charge in [0.15, 0.2) is 5.16 Å². The summed E-state index contributed by atoms with van der Waals surface area (Å²) < 4.78 is 27.0. The Balaban J connectivity index is 1.69. The van der Waals surface area contributed by atoms with Crippen molar-refractivity contribution in [3.05, 3.63) is 64.2 Å². The van der Waals surface area contributed by atoms with Gasteiger partial charge >= 0.3 is 0 Å². The highest BCUT2D eigenvalue weighted by atomic mass is 32.2. The van der Waals surface area contributed by atoms with Gasteiger partial charge in [0.2, 0.25) is 10.0 Å². The lowest BCUT2D eigenvalue weighted by molar-refractivity contribution is 0.597. The first-order valence-electron chi connectivity index (χ1n) is 9.91. The number of aryl methyl sites for hydroxylation is 2. The minimum Gasteiger partial charge on any atom is -0.319 e. The Morgan fingerprint density at radius 2 is 1.94 bits per heavy atom. The van der Waals surface area contributed by atoms with Gasteiger partial charge in [-0.25, -0.2) is 23.5 Å². The molecule has 4 rings (SSSR count).